The topological polar surface area (TPSA) is 61.4 Å². The summed E-state index contributed by atoms with van der Waals surface area (Å²) < 4.78 is 0. The van der Waals surface area contributed by atoms with Gasteiger partial charge in [-0.2, -0.15) is 0 Å². The minimum absolute atomic E-state index is 0.0114. The lowest BCUT2D eigenvalue weighted by atomic mass is 10.0. The van der Waals surface area contributed by atoms with Gasteiger partial charge < -0.3 is 15.7 Å². The molecule has 90 valence electrons. The Morgan fingerprint density at radius 3 is 2.13 bits per heavy atom. The molecular weight excluding hydrogens is 192 g/mol. The standard InChI is InChI=1S/C11H24N2O2/c1-6-10(2,3)13-9(15)7-12-11(4,5)8-14/h12,14H,6-8H2,1-5H3,(H,13,15). The van der Waals surface area contributed by atoms with E-state index in [0.717, 1.165) is 6.42 Å². The zero-order chi connectivity index (χ0) is 12.1. The highest BCUT2D eigenvalue weighted by Gasteiger charge is 2.20. The lowest BCUT2D eigenvalue weighted by molar-refractivity contribution is -0.122. The average molecular weight is 216 g/mol. The Labute approximate surface area is 92.4 Å². The molecule has 0 fully saturated rings. The molecule has 0 aromatic heterocycles. The van der Waals surface area contributed by atoms with Crippen molar-refractivity contribution in [2.75, 3.05) is 13.2 Å². The number of rotatable bonds is 6. The first kappa shape index (κ1) is 14.4. The number of hydrogen-bond donors (Lipinski definition) is 3. The molecule has 0 radical (unpaired) electrons. The van der Waals surface area contributed by atoms with Gasteiger partial charge in [-0.05, 0) is 34.1 Å². The summed E-state index contributed by atoms with van der Waals surface area (Å²) in [4.78, 5) is 11.5. The average Bonchev–Trinajstić information content (AvgIpc) is 2.15. The van der Waals surface area contributed by atoms with Crippen LogP contribution in [0.4, 0.5) is 0 Å². The molecule has 0 saturated heterocycles. The molecule has 4 heteroatoms. The number of carbonyl (C=O) groups is 1. The summed E-state index contributed by atoms with van der Waals surface area (Å²) in [6, 6.07) is 0. The van der Waals surface area contributed by atoms with Crippen molar-refractivity contribution in [3.05, 3.63) is 0 Å². The van der Waals surface area contributed by atoms with Crippen LogP contribution in [0.25, 0.3) is 0 Å². The summed E-state index contributed by atoms with van der Waals surface area (Å²) in [6.07, 6.45) is 0.891. The molecule has 0 atom stereocenters. The number of amides is 1. The van der Waals surface area contributed by atoms with Crippen LogP contribution in [0.3, 0.4) is 0 Å². The summed E-state index contributed by atoms with van der Waals surface area (Å²) in [7, 11) is 0. The zero-order valence-corrected chi connectivity index (χ0v) is 10.5. The quantitative estimate of drug-likeness (QED) is 0.611. The van der Waals surface area contributed by atoms with Crippen LogP contribution in [0, 0.1) is 0 Å². The predicted molar refractivity (Wildman–Crippen MR) is 61.7 cm³/mol. The molecule has 0 rings (SSSR count). The molecule has 0 bridgehead atoms. The van der Waals surface area contributed by atoms with Gasteiger partial charge in [-0.25, -0.2) is 0 Å². The Morgan fingerprint density at radius 2 is 1.73 bits per heavy atom. The van der Waals surface area contributed by atoms with Crippen LogP contribution in [-0.2, 0) is 4.79 Å². The third kappa shape index (κ3) is 6.47. The fourth-order valence-electron chi connectivity index (χ4n) is 0.885. The van der Waals surface area contributed by atoms with Crippen LogP contribution in [0.1, 0.15) is 41.0 Å². The lowest BCUT2D eigenvalue weighted by Crippen LogP contribution is -2.51. The first-order chi connectivity index (χ1) is 6.72. The summed E-state index contributed by atoms with van der Waals surface area (Å²) in [6.45, 7) is 9.96. The van der Waals surface area contributed by atoms with Crippen molar-refractivity contribution in [2.24, 2.45) is 0 Å². The van der Waals surface area contributed by atoms with E-state index in [2.05, 4.69) is 10.6 Å². The van der Waals surface area contributed by atoms with Crippen LogP contribution >= 0.6 is 0 Å². The Hall–Kier alpha value is -0.610. The predicted octanol–water partition coefficient (Wildman–Crippen LogP) is 0.652. The van der Waals surface area contributed by atoms with Gasteiger partial charge in [0.2, 0.25) is 5.91 Å². The second kappa shape index (κ2) is 5.47. The third-order valence-corrected chi connectivity index (χ3v) is 2.48. The second-order valence-corrected chi connectivity index (χ2v) is 5.18. The van der Waals surface area contributed by atoms with Crippen molar-refractivity contribution in [3.63, 3.8) is 0 Å². The minimum atomic E-state index is -0.409. The monoisotopic (exact) mass is 216 g/mol. The van der Waals surface area contributed by atoms with E-state index in [-0.39, 0.29) is 24.6 Å². The third-order valence-electron chi connectivity index (χ3n) is 2.48. The molecule has 0 heterocycles. The van der Waals surface area contributed by atoms with Gasteiger partial charge in [0.1, 0.15) is 0 Å². The molecule has 0 aromatic rings. The van der Waals surface area contributed by atoms with E-state index in [0.29, 0.717) is 0 Å². The van der Waals surface area contributed by atoms with Crippen LogP contribution in [-0.4, -0.2) is 35.2 Å². The van der Waals surface area contributed by atoms with E-state index in [1.54, 1.807) is 0 Å². The van der Waals surface area contributed by atoms with Gasteiger partial charge in [-0.1, -0.05) is 6.92 Å². The SMILES string of the molecule is CCC(C)(C)NC(=O)CNC(C)(C)CO. The number of aliphatic hydroxyl groups is 1. The Morgan fingerprint density at radius 1 is 1.20 bits per heavy atom. The van der Waals surface area contributed by atoms with E-state index >= 15 is 0 Å². The van der Waals surface area contributed by atoms with Gasteiger partial charge in [0.15, 0.2) is 0 Å². The summed E-state index contributed by atoms with van der Waals surface area (Å²) in [5, 5.41) is 14.9. The molecule has 0 aliphatic carbocycles. The van der Waals surface area contributed by atoms with Gasteiger partial charge in [-0.3, -0.25) is 4.79 Å². The first-order valence-corrected chi connectivity index (χ1v) is 5.39. The Kier molecular flexibility index (Phi) is 5.24. The van der Waals surface area contributed by atoms with Crippen molar-refractivity contribution in [1.29, 1.82) is 0 Å². The molecule has 1 amide bonds. The Balaban J connectivity index is 3.96. The number of hydrogen-bond acceptors (Lipinski definition) is 3. The summed E-state index contributed by atoms with van der Waals surface area (Å²) in [5.74, 6) is -0.0385. The molecule has 15 heavy (non-hydrogen) atoms. The summed E-state index contributed by atoms with van der Waals surface area (Å²) in [5.41, 5.74) is -0.574. The largest absolute Gasteiger partial charge is 0.394 e. The smallest absolute Gasteiger partial charge is 0.234 e. The lowest BCUT2D eigenvalue weighted by Gasteiger charge is -2.27. The molecule has 0 aromatic carbocycles. The van der Waals surface area contributed by atoms with Crippen molar-refractivity contribution in [2.45, 2.75) is 52.1 Å². The molecule has 0 saturated carbocycles. The highest BCUT2D eigenvalue weighted by atomic mass is 16.3. The molecule has 0 spiro atoms. The van der Waals surface area contributed by atoms with Gasteiger partial charge in [0.05, 0.1) is 13.2 Å². The van der Waals surface area contributed by atoms with Crippen molar-refractivity contribution >= 4 is 5.91 Å². The first-order valence-electron chi connectivity index (χ1n) is 5.39. The van der Waals surface area contributed by atoms with E-state index in [9.17, 15) is 4.79 Å². The van der Waals surface area contributed by atoms with E-state index in [4.69, 9.17) is 5.11 Å². The molecule has 0 aliphatic heterocycles. The number of aliphatic hydroxyl groups excluding tert-OH is 1. The van der Waals surface area contributed by atoms with E-state index < -0.39 is 5.54 Å². The molecule has 0 aliphatic rings. The van der Waals surface area contributed by atoms with Gasteiger partial charge in [-0.15, -0.1) is 0 Å². The number of nitrogens with one attached hydrogen (secondary N) is 2. The normalized spacial score (nSPS) is 12.7. The fourth-order valence-corrected chi connectivity index (χ4v) is 0.885. The van der Waals surface area contributed by atoms with Crippen LogP contribution in [0.2, 0.25) is 0 Å². The second-order valence-electron chi connectivity index (χ2n) is 5.18. The molecular formula is C11H24N2O2. The molecule has 3 N–H and O–H groups in total. The van der Waals surface area contributed by atoms with Crippen molar-refractivity contribution in [3.8, 4) is 0 Å². The Bertz CT molecular complexity index is 213. The number of carbonyl (C=O) groups excluding carboxylic acids is 1. The molecule has 0 unspecified atom stereocenters. The zero-order valence-electron chi connectivity index (χ0n) is 10.5. The summed E-state index contributed by atoms with van der Waals surface area (Å²) >= 11 is 0. The van der Waals surface area contributed by atoms with Crippen molar-refractivity contribution in [1.82, 2.24) is 10.6 Å². The maximum atomic E-state index is 11.5. The fraction of sp³-hybridized carbons (Fsp3) is 0.909. The van der Waals surface area contributed by atoms with Crippen molar-refractivity contribution < 1.29 is 9.90 Å². The minimum Gasteiger partial charge on any atom is -0.394 e. The van der Waals surface area contributed by atoms with Gasteiger partial charge >= 0.3 is 0 Å². The van der Waals surface area contributed by atoms with Gasteiger partial charge in [0, 0.05) is 11.1 Å². The maximum absolute atomic E-state index is 11.5. The van der Waals surface area contributed by atoms with Crippen LogP contribution < -0.4 is 10.6 Å². The maximum Gasteiger partial charge on any atom is 0.234 e. The van der Waals surface area contributed by atoms with E-state index in [1.807, 2.05) is 34.6 Å². The van der Waals surface area contributed by atoms with Crippen LogP contribution in [0.5, 0.6) is 0 Å². The van der Waals surface area contributed by atoms with Crippen LogP contribution in [0.15, 0.2) is 0 Å². The van der Waals surface area contributed by atoms with E-state index in [1.165, 1.54) is 0 Å². The highest BCUT2D eigenvalue weighted by Crippen LogP contribution is 2.06. The molecule has 4 nitrogen and oxygen atoms in total. The van der Waals surface area contributed by atoms with Gasteiger partial charge in [0.25, 0.3) is 0 Å². The highest BCUT2D eigenvalue weighted by molar-refractivity contribution is 5.78.